The summed E-state index contributed by atoms with van der Waals surface area (Å²) in [4.78, 5) is 65.1. The van der Waals surface area contributed by atoms with Crippen molar-refractivity contribution >= 4 is 57.8 Å². The molecule has 0 bridgehead atoms. The van der Waals surface area contributed by atoms with Crippen LogP contribution in [0.4, 0.5) is 10.9 Å². The molecule has 0 aromatic carbocycles. The number of aromatic nitrogens is 7. The van der Waals surface area contributed by atoms with Gasteiger partial charge < -0.3 is 20.4 Å². The number of hydrogen-bond donors (Lipinski definition) is 4. The van der Waals surface area contributed by atoms with Gasteiger partial charge in [-0.3, -0.25) is 28.9 Å². The van der Waals surface area contributed by atoms with E-state index in [0.29, 0.717) is 79.1 Å². The third-order valence-corrected chi connectivity index (χ3v) is 8.87. The Morgan fingerprint density at radius 1 is 1.12 bits per heavy atom. The van der Waals surface area contributed by atoms with Crippen LogP contribution >= 0.6 is 11.3 Å². The van der Waals surface area contributed by atoms with E-state index in [-0.39, 0.29) is 34.6 Å². The molecule has 0 aliphatic carbocycles. The van der Waals surface area contributed by atoms with Crippen LogP contribution in [0, 0.1) is 5.92 Å². The van der Waals surface area contributed by atoms with Gasteiger partial charge >= 0.3 is 0 Å². The predicted octanol–water partition coefficient (Wildman–Crippen LogP) is 2.17. The zero-order valence-electron chi connectivity index (χ0n) is 29.0. The minimum atomic E-state index is -0.362. The van der Waals surface area contributed by atoms with E-state index >= 15 is 0 Å². The van der Waals surface area contributed by atoms with E-state index in [9.17, 15) is 19.2 Å². The molecule has 4 N–H and O–H groups in total. The van der Waals surface area contributed by atoms with Crippen molar-refractivity contribution in [3.05, 3.63) is 56.7 Å². The number of piperidine rings is 1. The van der Waals surface area contributed by atoms with Crippen molar-refractivity contribution in [2.24, 2.45) is 5.92 Å². The van der Waals surface area contributed by atoms with Gasteiger partial charge in [0.1, 0.15) is 11.5 Å². The largest absolute Gasteiger partial charge is 0.356 e. The average Bonchev–Trinajstić information content (AvgIpc) is 3.76. The van der Waals surface area contributed by atoms with Gasteiger partial charge in [-0.1, -0.05) is 20.8 Å². The molecule has 1 atom stereocenters. The first-order valence-electron chi connectivity index (χ1n) is 16.6. The van der Waals surface area contributed by atoms with Gasteiger partial charge in [0.25, 0.3) is 11.5 Å². The number of tetrazole rings is 1. The first-order valence-corrected chi connectivity index (χ1v) is 17.4. The molecule has 0 radical (unpaired) electrons. The van der Waals surface area contributed by atoms with Gasteiger partial charge in [-0.2, -0.15) is 5.21 Å². The second-order valence-electron chi connectivity index (χ2n) is 13.6. The van der Waals surface area contributed by atoms with Gasteiger partial charge in [0, 0.05) is 55.2 Å². The molecule has 1 unspecified atom stereocenters. The lowest BCUT2D eigenvalue weighted by Crippen LogP contribution is -2.40. The smallest absolute Gasteiger partial charge is 0.267 e. The number of carbonyl (C=O) groups is 3. The average molecular weight is 705 g/mol. The van der Waals surface area contributed by atoms with Crippen molar-refractivity contribution in [3.63, 3.8) is 0 Å². The Kier molecular flexibility index (Phi) is 11.7. The number of pyridine rings is 1. The zero-order chi connectivity index (χ0) is 35.8. The van der Waals surface area contributed by atoms with Crippen LogP contribution in [0.3, 0.4) is 0 Å². The Bertz CT molecular complexity index is 1890. The monoisotopic (exact) mass is 704 g/mol. The fourth-order valence-electron chi connectivity index (χ4n) is 5.56. The van der Waals surface area contributed by atoms with E-state index in [4.69, 9.17) is 4.98 Å². The molecule has 4 aromatic heterocycles. The second-order valence-corrected chi connectivity index (χ2v) is 14.5. The molecule has 5 heterocycles. The number of fused-ring (bicyclic) bond motifs is 1. The van der Waals surface area contributed by atoms with Gasteiger partial charge in [0.15, 0.2) is 11.0 Å². The molecular formula is C33H44N12O4S. The standard InChI is InChI=1S/C33H44N12O4S/c1-33(2,3)24-20-50-32(36-24)38-30(48)22-11-15-45-26(17-22)37-29(23(31(45)49)9-10-25-39-41-42-40-25)44-14-6-8-21(18-44)16-27(46)34-12-7-13-35-28(47)19-43(4)5/h9-11,15,17,20-21H,6-8,12-14,16,18-19H2,1-5H3,(H,34,46)(H,35,47)(H,36,38,48)(H,39,40,41,42)/b10-9+. The molecule has 1 aliphatic heterocycles. The lowest BCUT2D eigenvalue weighted by molar-refractivity contribution is -0.122. The summed E-state index contributed by atoms with van der Waals surface area (Å²) in [5, 5.41) is 25.0. The van der Waals surface area contributed by atoms with Crippen molar-refractivity contribution in [1.29, 1.82) is 0 Å². The van der Waals surface area contributed by atoms with Gasteiger partial charge in [0.05, 0.1) is 17.8 Å². The van der Waals surface area contributed by atoms with Crippen LogP contribution in [0.1, 0.15) is 73.9 Å². The molecule has 17 heteroatoms. The fourth-order valence-corrected chi connectivity index (χ4v) is 6.49. The third-order valence-electron chi connectivity index (χ3n) is 8.11. The van der Waals surface area contributed by atoms with Crippen molar-refractivity contribution in [1.82, 2.24) is 50.5 Å². The number of rotatable bonds is 13. The summed E-state index contributed by atoms with van der Waals surface area (Å²) in [6.45, 7) is 8.59. The minimum absolute atomic E-state index is 0.0335. The fraction of sp³-hybridized carbons (Fsp3) is 0.485. The van der Waals surface area contributed by atoms with Crippen LogP contribution in [0.25, 0.3) is 17.8 Å². The molecule has 1 saturated heterocycles. The normalized spacial score (nSPS) is 15.2. The van der Waals surface area contributed by atoms with E-state index < -0.39 is 0 Å². The second kappa shape index (κ2) is 16.1. The minimum Gasteiger partial charge on any atom is -0.356 e. The van der Waals surface area contributed by atoms with Crippen molar-refractivity contribution in [3.8, 4) is 0 Å². The lowest BCUT2D eigenvalue weighted by Gasteiger charge is -2.34. The topological polar surface area (TPSA) is 196 Å². The number of anilines is 2. The quantitative estimate of drug-likeness (QED) is 0.149. The Morgan fingerprint density at radius 2 is 1.90 bits per heavy atom. The highest BCUT2D eigenvalue weighted by Gasteiger charge is 2.26. The number of likely N-dealkylation sites (N-methyl/N-ethyl adjacent to an activating group) is 1. The van der Waals surface area contributed by atoms with E-state index in [1.807, 2.05) is 24.4 Å². The number of carbonyl (C=O) groups excluding carboxylic acids is 3. The lowest BCUT2D eigenvalue weighted by atomic mass is 9.93. The number of hydrogen-bond acceptors (Lipinski definition) is 12. The Hall–Kier alpha value is -5.03. The Balaban J connectivity index is 1.32. The van der Waals surface area contributed by atoms with Crippen molar-refractivity contribution in [2.45, 2.75) is 51.9 Å². The van der Waals surface area contributed by atoms with Crippen LogP contribution in [0.15, 0.2) is 28.5 Å². The zero-order valence-corrected chi connectivity index (χ0v) is 29.8. The van der Waals surface area contributed by atoms with E-state index in [1.54, 1.807) is 29.2 Å². The Labute approximate surface area is 293 Å². The van der Waals surface area contributed by atoms with Crippen molar-refractivity contribution < 1.29 is 14.4 Å². The van der Waals surface area contributed by atoms with Gasteiger partial charge in [-0.25, -0.2) is 9.97 Å². The third kappa shape index (κ3) is 9.56. The van der Waals surface area contributed by atoms with Crippen LogP contribution in [0.5, 0.6) is 0 Å². The molecule has 50 heavy (non-hydrogen) atoms. The highest BCUT2D eigenvalue weighted by Crippen LogP contribution is 2.28. The first-order chi connectivity index (χ1) is 23.9. The molecule has 16 nitrogen and oxygen atoms in total. The highest BCUT2D eigenvalue weighted by atomic mass is 32.1. The number of amides is 3. The molecule has 5 rings (SSSR count). The van der Waals surface area contributed by atoms with Gasteiger partial charge in [-0.05, 0) is 68.8 Å². The number of thiazole rings is 1. The molecule has 0 spiro atoms. The summed E-state index contributed by atoms with van der Waals surface area (Å²) in [6, 6.07) is 3.16. The van der Waals surface area contributed by atoms with E-state index in [2.05, 4.69) is 62.3 Å². The molecule has 266 valence electrons. The Morgan fingerprint density at radius 3 is 2.60 bits per heavy atom. The summed E-state index contributed by atoms with van der Waals surface area (Å²) in [5.74, 6) is 0.299. The molecule has 4 aromatic rings. The predicted molar refractivity (Wildman–Crippen MR) is 192 cm³/mol. The van der Waals surface area contributed by atoms with Crippen LogP contribution < -0.4 is 26.4 Å². The first kappa shape index (κ1) is 36.3. The molecular weight excluding hydrogens is 661 g/mol. The van der Waals surface area contributed by atoms with Gasteiger partial charge in [-0.15, -0.1) is 21.5 Å². The summed E-state index contributed by atoms with van der Waals surface area (Å²) < 4.78 is 1.40. The SMILES string of the molecule is CN(C)CC(=O)NCCCNC(=O)CC1CCCN(c2nc3cc(C(=O)Nc4nc(C(C)(C)C)cs4)ccn3c(=O)c2/C=C/c2nn[nH]n2)C1. The molecule has 0 saturated carbocycles. The molecule has 1 fully saturated rings. The maximum Gasteiger partial charge on any atom is 0.267 e. The summed E-state index contributed by atoms with van der Waals surface area (Å²) in [5.41, 5.74) is 1.36. The number of nitrogens with one attached hydrogen (secondary N) is 4. The molecule has 3 amide bonds. The molecule has 1 aliphatic rings. The van der Waals surface area contributed by atoms with Gasteiger partial charge in [0.2, 0.25) is 11.8 Å². The number of nitrogens with zero attached hydrogens (tertiary/aromatic N) is 8. The van der Waals surface area contributed by atoms with Crippen LogP contribution in [-0.4, -0.2) is 104 Å². The number of H-pyrrole nitrogens is 1. The maximum atomic E-state index is 13.9. The van der Waals surface area contributed by atoms with E-state index in [1.165, 1.54) is 21.9 Å². The van der Waals surface area contributed by atoms with Crippen LogP contribution in [-0.2, 0) is 15.0 Å². The maximum absolute atomic E-state index is 13.9. The highest BCUT2D eigenvalue weighted by molar-refractivity contribution is 7.14. The van der Waals surface area contributed by atoms with Crippen LogP contribution in [0.2, 0.25) is 0 Å². The summed E-state index contributed by atoms with van der Waals surface area (Å²) in [7, 11) is 3.66. The number of aromatic amines is 1. The summed E-state index contributed by atoms with van der Waals surface area (Å²) in [6.07, 6.45) is 7.34. The van der Waals surface area contributed by atoms with E-state index in [0.717, 1.165) is 18.5 Å². The summed E-state index contributed by atoms with van der Waals surface area (Å²) >= 11 is 1.36. The van der Waals surface area contributed by atoms with Crippen molar-refractivity contribution in [2.75, 3.05) is 57.0 Å².